The van der Waals surface area contributed by atoms with Gasteiger partial charge >= 0.3 is 5.97 Å². The van der Waals surface area contributed by atoms with Gasteiger partial charge in [-0.25, -0.2) is 4.79 Å². The lowest BCUT2D eigenvalue weighted by atomic mass is 10.0. The summed E-state index contributed by atoms with van der Waals surface area (Å²) in [5.74, 6) is -0.324. The molecule has 0 saturated carbocycles. The maximum Gasteiger partial charge on any atom is 0.337 e. The van der Waals surface area contributed by atoms with Crippen molar-refractivity contribution in [2.45, 2.75) is 19.4 Å². The smallest absolute Gasteiger partial charge is 0.337 e. The molecule has 4 heteroatoms. The molecule has 0 aliphatic heterocycles. The van der Waals surface area contributed by atoms with Crippen LogP contribution in [0.15, 0.2) is 53.0 Å². The second kappa shape index (κ2) is 7.27. The van der Waals surface area contributed by atoms with Crippen molar-refractivity contribution >= 4 is 27.6 Å². The maximum atomic E-state index is 11.6. The van der Waals surface area contributed by atoms with Gasteiger partial charge in [0.2, 0.25) is 0 Å². The molecule has 2 rings (SSSR count). The van der Waals surface area contributed by atoms with E-state index in [1.807, 2.05) is 30.3 Å². The third-order valence-corrected chi connectivity index (χ3v) is 3.83. The summed E-state index contributed by atoms with van der Waals surface area (Å²) in [6.45, 7) is 2.13. The van der Waals surface area contributed by atoms with Crippen molar-refractivity contribution in [2.24, 2.45) is 0 Å². The lowest BCUT2D eigenvalue weighted by Crippen LogP contribution is -2.10. The summed E-state index contributed by atoms with van der Waals surface area (Å²) >= 11 is 3.44. The van der Waals surface area contributed by atoms with Gasteiger partial charge in [-0.3, -0.25) is 0 Å². The minimum Gasteiger partial charge on any atom is -0.465 e. The van der Waals surface area contributed by atoms with Crippen LogP contribution in [0.3, 0.4) is 0 Å². The Kier molecular flexibility index (Phi) is 5.39. The quantitative estimate of drug-likeness (QED) is 0.789. The molecule has 1 N–H and O–H groups in total. The van der Waals surface area contributed by atoms with Gasteiger partial charge in [-0.05, 0) is 42.3 Å². The lowest BCUT2D eigenvalue weighted by molar-refractivity contribution is 0.0601. The molecule has 0 radical (unpaired) electrons. The molecule has 21 heavy (non-hydrogen) atoms. The molecule has 0 amide bonds. The van der Waals surface area contributed by atoms with E-state index in [9.17, 15) is 4.79 Å². The summed E-state index contributed by atoms with van der Waals surface area (Å²) < 4.78 is 5.81. The van der Waals surface area contributed by atoms with E-state index >= 15 is 0 Å². The minimum atomic E-state index is -0.324. The summed E-state index contributed by atoms with van der Waals surface area (Å²) in [5, 5.41) is 3.46. The molecule has 110 valence electrons. The predicted octanol–water partition coefficient (Wildman–Crippen LogP) is 4.80. The predicted molar refractivity (Wildman–Crippen MR) is 88.6 cm³/mol. The first-order chi connectivity index (χ1) is 10.1. The van der Waals surface area contributed by atoms with Gasteiger partial charge in [0.15, 0.2) is 0 Å². The highest BCUT2D eigenvalue weighted by Gasteiger charge is 2.11. The zero-order chi connectivity index (χ0) is 15.2. The molecule has 2 aromatic rings. The first-order valence-corrected chi connectivity index (χ1v) is 7.63. The highest BCUT2D eigenvalue weighted by Crippen LogP contribution is 2.24. The van der Waals surface area contributed by atoms with E-state index in [4.69, 9.17) is 4.74 Å². The van der Waals surface area contributed by atoms with Crippen molar-refractivity contribution < 1.29 is 9.53 Å². The van der Waals surface area contributed by atoms with Gasteiger partial charge in [0.05, 0.1) is 18.7 Å². The molecule has 0 bridgehead atoms. The Morgan fingerprint density at radius 2 is 1.95 bits per heavy atom. The molecule has 0 spiro atoms. The SMILES string of the molecule is CCC(Nc1cccc(C(=O)OC)c1)c1ccc(Br)cc1. The Labute approximate surface area is 133 Å². The first kappa shape index (κ1) is 15.6. The van der Waals surface area contributed by atoms with Crippen LogP contribution in [0.1, 0.15) is 35.3 Å². The fourth-order valence-electron chi connectivity index (χ4n) is 2.17. The highest BCUT2D eigenvalue weighted by molar-refractivity contribution is 9.10. The van der Waals surface area contributed by atoms with Gasteiger partial charge in [0, 0.05) is 10.2 Å². The molecule has 1 unspecified atom stereocenters. The Hall–Kier alpha value is -1.81. The molecule has 2 aromatic carbocycles. The van der Waals surface area contributed by atoms with Crippen molar-refractivity contribution in [3.63, 3.8) is 0 Å². The van der Waals surface area contributed by atoms with Crippen molar-refractivity contribution in [1.82, 2.24) is 0 Å². The third-order valence-electron chi connectivity index (χ3n) is 3.31. The average molecular weight is 348 g/mol. The number of benzene rings is 2. The zero-order valence-electron chi connectivity index (χ0n) is 12.1. The van der Waals surface area contributed by atoms with Crippen molar-refractivity contribution in [1.29, 1.82) is 0 Å². The fourth-order valence-corrected chi connectivity index (χ4v) is 2.44. The monoisotopic (exact) mass is 347 g/mol. The molecule has 0 aliphatic carbocycles. The van der Waals surface area contributed by atoms with Crippen molar-refractivity contribution in [3.8, 4) is 0 Å². The van der Waals surface area contributed by atoms with E-state index in [0.29, 0.717) is 5.56 Å². The van der Waals surface area contributed by atoms with Crippen LogP contribution < -0.4 is 5.32 Å². The Balaban J connectivity index is 2.18. The molecule has 0 aliphatic rings. The van der Waals surface area contributed by atoms with Gasteiger partial charge in [-0.1, -0.05) is 41.1 Å². The molecule has 0 saturated heterocycles. The van der Waals surface area contributed by atoms with E-state index < -0.39 is 0 Å². The van der Waals surface area contributed by atoms with Gasteiger partial charge in [-0.15, -0.1) is 0 Å². The molecule has 3 nitrogen and oxygen atoms in total. The Morgan fingerprint density at radius 3 is 2.57 bits per heavy atom. The minimum absolute atomic E-state index is 0.200. The number of hydrogen-bond acceptors (Lipinski definition) is 3. The lowest BCUT2D eigenvalue weighted by Gasteiger charge is -2.19. The van der Waals surface area contributed by atoms with Crippen LogP contribution in [-0.2, 0) is 4.74 Å². The first-order valence-electron chi connectivity index (χ1n) is 6.84. The number of hydrogen-bond donors (Lipinski definition) is 1. The van der Waals surface area contributed by atoms with Crippen LogP contribution in [-0.4, -0.2) is 13.1 Å². The summed E-state index contributed by atoms with van der Waals surface area (Å²) in [4.78, 5) is 11.6. The van der Waals surface area contributed by atoms with E-state index in [1.165, 1.54) is 12.7 Å². The normalized spacial score (nSPS) is 11.8. The van der Waals surface area contributed by atoms with Gasteiger partial charge in [-0.2, -0.15) is 0 Å². The van der Waals surface area contributed by atoms with Gasteiger partial charge in [0.25, 0.3) is 0 Å². The van der Waals surface area contributed by atoms with E-state index in [-0.39, 0.29) is 12.0 Å². The van der Waals surface area contributed by atoms with Crippen LogP contribution in [0.4, 0.5) is 5.69 Å². The number of carbonyl (C=O) groups excluding carboxylic acids is 1. The molecule has 1 atom stereocenters. The number of rotatable bonds is 5. The van der Waals surface area contributed by atoms with Crippen LogP contribution in [0.25, 0.3) is 0 Å². The van der Waals surface area contributed by atoms with Crippen LogP contribution in [0, 0.1) is 0 Å². The van der Waals surface area contributed by atoms with E-state index in [1.54, 1.807) is 6.07 Å². The van der Waals surface area contributed by atoms with Crippen molar-refractivity contribution in [3.05, 3.63) is 64.1 Å². The second-order valence-corrected chi connectivity index (χ2v) is 5.64. The standard InChI is InChI=1S/C17H18BrNO2/c1-3-16(12-7-9-14(18)10-8-12)19-15-6-4-5-13(11-15)17(20)21-2/h4-11,16,19H,3H2,1-2H3. The van der Waals surface area contributed by atoms with Crippen molar-refractivity contribution in [2.75, 3.05) is 12.4 Å². The average Bonchev–Trinajstić information content (AvgIpc) is 2.53. The van der Waals surface area contributed by atoms with E-state index in [2.05, 4.69) is 40.3 Å². The van der Waals surface area contributed by atoms with Crippen LogP contribution in [0.2, 0.25) is 0 Å². The number of nitrogens with one attached hydrogen (secondary N) is 1. The van der Waals surface area contributed by atoms with Gasteiger partial charge < -0.3 is 10.1 Å². The second-order valence-electron chi connectivity index (χ2n) is 4.73. The van der Waals surface area contributed by atoms with Gasteiger partial charge in [0.1, 0.15) is 0 Å². The van der Waals surface area contributed by atoms with Crippen LogP contribution in [0.5, 0.6) is 0 Å². The topological polar surface area (TPSA) is 38.3 Å². The zero-order valence-corrected chi connectivity index (χ0v) is 13.7. The molecule has 0 aromatic heterocycles. The number of carbonyl (C=O) groups is 1. The van der Waals surface area contributed by atoms with Crippen LogP contribution >= 0.6 is 15.9 Å². The summed E-state index contributed by atoms with van der Waals surface area (Å²) in [6.07, 6.45) is 0.948. The number of halogens is 1. The number of methoxy groups -OCH3 is 1. The molecule has 0 heterocycles. The summed E-state index contributed by atoms with van der Waals surface area (Å²) in [5.41, 5.74) is 2.67. The maximum absolute atomic E-state index is 11.6. The molecule has 0 fully saturated rings. The molecular weight excluding hydrogens is 330 g/mol. The third kappa shape index (κ3) is 4.08. The summed E-state index contributed by atoms with van der Waals surface area (Å²) in [7, 11) is 1.39. The summed E-state index contributed by atoms with van der Waals surface area (Å²) in [6, 6.07) is 15.8. The number of anilines is 1. The highest BCUT2D eigenvalue weighted by atomic mass is 79.9. The Bertz CT molecular complexity index is 610. The fraction of sp³-hybridized carbons (Fsp3) is 0.235. The number of ether oxygens (including phenoxy) is 1. The number of esters is 1. The van der Waals surface area contributed by atoms with E-state index in [0.717, 1.165) is 16.6 Å². The Morgan fingerprint density at radius 1 is 1.24 bits per heavy atom. The largest absolute Gasteiger partial charge is 0.465 e. The molecular formula is C17H18BrNO2.